The lowest BCUT2D eigenvalue weighted by Crippen LogP contribution is -2.30. The molecule has 2 N–H and O–H groups in total. The Labute approximate surface area is 110 Å². The largest absolute Gasteiger partial charge is 0.471 e. The number of amides is 2. The second-order valence-corrected chi connectivity index (χ2v) is 3.69. The molecule has 0 spiro atoms. The number of benzene rings is 1. The standard InChI is InChI=1S/C10H8ClF3N2O3/c1-19-16-8(17)6-3-2-5(4-7(6)11)15-9(18)10(12,13)14/h2-4H,1H3,(H,15,18)(H,16,17). The van der Waals surface area contributed by atoms with Crippen LogP contribution in [0.2, 0.25) is 5.02 Å². The summed E-state index contributed by atoms with van der Waals surface area (Å²) in [6.07, 6.45) is -5.00. The van der Waals surface area contributed by atoms with Gasteiger partial charge in [-0.05, 0) is 18.2 Å². The summed E-state index contributed by atoms with van der Waals surface area (Å²) in [5.74, 6) is -2.79. The fourth-order valence-corrected chi connectivity index (χ4v) is 1.39. The summed E-state index contributed by atoms with van der Waals surface area (Å²) in [6.45, 7) is 0. The number of nitrogens with one attached hydrogen (secondary N) is 2. The van der Waals surface area contributed by atoms with Crippen molar-refractivity contribution < 1.29 is 27.6 Å². The number of alkyl halides is 3. The normalized spacial score (nSPS) is 11.0. The number of hydrogen-bond donors (Lipinski definition) is 2. The molecule has 1 aromatic rings. The Bertz CT molecular complexity index is 505. The fourth-order valence-electron chi connectivity index (χ4n) is 1.13. The molecule has 2 amide bonds. The Morgan fingerprint density at radius 2 is 1.95 bits per heavy atom. The van der Waals surface area contributed by atoms with Crippen LogP contribution in [-0.4, -0.2) is 25.1 Å². The second kappa shape index (κ2) is 5.89. The van der Waals surface area contributed by atoms with Crippen molar-refractivity contribution in [3.63, 3.8) is 0 Å². The Kier molecular flexibility index (Phi) is 4.73. The summed E-state index contributed by atoms with van der Waals surface area (Å²) in [6, 6.07) is 3.29. The molecule has 0 radical (unpaired) electrons. The molecule has 1 aromatic carbocycles. The highest BCUT2D eigenvalue weighted by Crippen LogP contribution is 2.23. The van der Waals surface area contributed by atoms with Crippen LogP contribution in [0.4, 0.5) is 18.9 Å². The van der Waals surface area contributed by atoms with Gasteiger partial charge in [0.25, 0.3) is 5.91 Å². The minimum Gasteiger partial charge on any atom is -0.318 e. The lowest BCUT2D eigenvalue weighted by molar-refractivity contribution is -0.167. The first-order valence-electron chi connectivity index (χ1n) is 4.76. The molecule has 0 fully saturated rings. The Morgan fingerprint density at radius 3 is 2.42 bits per heavy atom. The minimum atomic E-state index is -5.00. The Morgan fingerprint density at radius 1 is 1.32 bits per heavy atom. The summed E-state index contributed by atoms with van der Waals surface area (Å²) >= 11 is 5.71. The number of halogens is 4. The van der Waals surface area contributed by atoms with Gasteiger partial charge in [0.2, 0.25) is 0 Å². The maximum absolute atomic E-state index is 12.0. The topological polar surface area (TPSA) is 67.4 Å². The van der Waals surface area contributed by atoms with E-state index in [1.54, 1.807) is 5.32 Å². The summed E-state index contributed by atoms with van der Waals surface area (Å²) in [5, 5.41) is 1.48. The van der Waals surface area contributed by atoms with Gasteiger partial charge in [0.15, 0.2) is 0 Å². The van der Waals surface area contributed by atoms with Crippen LogP contribution in [0.5, 0.6) is 0 Å². The molecule has 0 bridgehead atoms. The molecule has 0 aliphatic heterocycles. The van der Waals surface area contributed by atoms with Gasteiger partial charge < -0.3 is 5.32 Å². The highest BCUT2D eigenvalue weighted by molar-refractivity contribution is 6.34. The van der Waals surface area contributed by atoms with E-state index in [-0.39, 0.29) is 16.3 Å². The van der Waals surface area contributed by atoms with E-state index in [1.807, 2.05) is 5.48 Å². The maximum atomic E-state index is 12.0. The third-order valence-corrected chi connectivity index (χ3v) is 2.24. The molecule has 0 saturated carbocycles. The zero-order chi connectivity index (χ0) is 14.6. The molecule has 0 heterocycles. The van der Waals surface area contributed by atoms with Gasteiger partial charge in [0.05, 0.1) is 17.7 Å². The Balaban J connectivity index is 2.89. The van der Waals surface area contributed by atoms with Gasteiger partial charge in [-0.3, -0.25) is 14.4 Å². The number of rotatable bonds is 3. The highest BCUT2D eigenvalue weighted by atomic mass is 35.5. The van der Waals surface area contributed by atoms with E-state index in [4.69, 9.17) is 11.6 Å². The zero-order valence-corrected chi connectivity index (χ0v) is 10.2. The van der Waals surface area contributed by atoms with Crippen LogP contribution in [0.1, 0.15) is 10.4 Å². The van der Waals surface area contributed by atoms with Crippen molar-refractivity contribution in [3.8, 4) is 0 Å². The molecule has 104 valence electrons. The van der Waals surface area contributed by atoms with Gasteiger partial charge in [0.1, 0.15) is 0 Å². The SMILES string of the molecule is CONC(=O)c1ccc(NC(=O)C(F)(F)F)cc1Cl. The van der Waals surface area contributed by atoms with E-state index in [1.165, 1.54) is 7.11 Å². The number of carbonyl (C=O) groups excluding carboxylic acids is 2. The molecular weight excluding hydrogens is 289 g/mol. The number of carbonyl (C=O) groups is 2. The van der Waals surface area contributed by atoms with E-state index in [0.29, 0.717) is 0 Å². The lowest BCUT2D eigenvalue weighted by Gasteiger charge is -2.10. The van der Waals surface area contributed by atoms with Crippen LogP contribution >= 0.6 is 11.6 Å². The summed E-state index contributed by atoms with van der Waals surface area (Å²) in [7, 11) is 1.21. The van der Waals surface area contributed by atoms with Gasteiger partial charge in [-0.15, -0.1) is 0 Å². The molecule has 0 atom stereocenters. The molecule has 1 rings (SSSR count). The van der Waals surface area contributed by atoms with Crippen molar-refractivity contribution in [3.05, 3.63) is 28.8 Å². The predicted molar refractivity (Wildman–Crippen MR) is 60.6 cm³/mol. The van der Waals surface area contributed by atoms with E-state index in [0.717, 1.165) is 18.2 Å². The van der Waals surface area contributed by atoms with Crippen molar-refractivity contribution in [2.75, 3.05) is 12.4 Å². The average molecular weight is 297 g/mol. The quantitative estimate of drug-likeness (QED) is 0.840. The van der Waals surface area contributed by atoms with Gasteiger partial charge in [0, 0.05) is 5.69 Å². The average Bonchev–Trinajstić information content (AvgIpc) is 2.27. The van der Waals surface area contributed by atoms with Gasteiger partial charge in [-0.2, -0.15) is 13.2 Å². The molecule has 0 aromatic heterocycles. The van der Waals surface area contributed by atoms with Gasteiger partial charge in [-0.1, -0.05) is 11.6 Å². The summed E-state index contributed by atoms with van der Waals surface area (Å²) < 4.78 is 36.1. The number of hydroxylamine groups is 1. The van der Waals surface area contributed by atoms with Crippen molar-refractivity contribution in [2.45, 2.75) is 6.18 Å². The predicted octanol–water partition coefficient (Wildman–Crippen LogP) is 2.13. The van der Waals surface area contributed by atoms with E-state index in [2.05, 4.69) is 4.84 Å². The second-order valence-electron chi connectivity index (χ2n) is 3.28. The molecule has 0 unspecified atom stereocenters. The van der Waals surface area contributed by atoms with E-state index in [9.17, 15) is 22.8 Å². The molecule has 0 aliphatic carbocycles. The van der Waals surface area contributed by atoms with Crippen LogP contribution in [0, 0.1) is 0 Å². The van der Waals surface area contributed by atoms with Crippen LogP contribution in [0.3, 0.4) is 0 Å². The minimum absolute atomic E-state index is 0.00600. The number of anilines is 1. The van der Waals surface area contributed by atoms with Gasteiger partial charge in [-0.25, -0.2) is 5.48 Å². The van der Waals surface area contributed by atoms with Crippen molar-refractivity contribution in [1.29, 1.82) is 0 Å². The zero-order valence-electron chi connectivity index (χ0n) is 9.47. The first-order chi connectivity index (χ1) is 8.75. The Hall–Kier alpha value is -1.80. The third-order valence-electron chi connectivity index (χ3n) is 1.92. The van der Waals surface area contributed by atoms with Crippen LogP contribution in [-0.2, 0) is 9.63 Å². The third kappa shape index (κ3) is 4.11. The highest BCUT2D eigenvalue weighted by Gasteiger charge is 2.38. The molecule has 5 nitrogen and oxygen atoms in total. The molecule has 0 saturated heterocycles. The first kappa shape index (κ1) is 15.3. The lowest BCUT2D eigenvalue weighted by atomic mass is 10.2. The number of hydrogen-bond acceptors (Lipinski definition) is 3. The molecule has 19 heavy (non-hydrogen) atoms. The molecule has 0 aliphatic rings. The maximum Gasteiger partial charge on any atom is 0.471 e. The molecule has 9 heteroatoms. The molecular formula is C10H8ClF3N2O3. The monoisotopic (exact) mass is 296 g/mol. The fraction of sp³-hybridized carbons (Fsp3) is 0.200. The van der Waals surface area contributed by atoms with Crippen LogP contribution in [0.25, 0.3) is 0 Å². The van der Waals surface area contributed by atoms with Gasteiger partial charge >= 0.3 is 12.1 Å². The smallest absolute Gasteiger partial charge is 0.318 e. The first-order valence-corrected chi connectivity index (χ1v) is 5.14. The summed E-state index contributed by atoms with van der Waals surface area (Å²) in [5.41, 5.74) is 1.81. The van der Waals surface area contributed by atoms with Crippen molar-refractivity contribution in [2.24, 2.45) is 0 Å². The van der Waals surface area contributed by atoms with Crippen molar-refractivity contribution >= 4 is 29.1 Å². The van der Waals surface area contributed by atoms with Crippen LogP contribution < -0.4 is 10.8 Å². The summed E-state index contributed by atoms with van der Waals surface area (Å²) in [4.78, 5) is 26.4. The van der Waals surface area contributed by atoms with E-state index >= 15 is 0 Å². The van der Waals surface area contributed by atoms with Crippen LogP contribution in [0.15, 0.2) is 18.2 Å². The van der Waals surface area contributed by atoms with E-state index < -0.39 is 18.0 Å². The van der Waals surface area contributed by atoms with Crippen molar-refractivity contribution in [1.82, 2.24) is 5.48 Å².